The van der Waals surface area contributed by atoms with Gasteiger partial charge in [0.15, 0.2) is 0 Å². The van der Waals surface area contributed by atoms with Crippen LogP contribution in [0.4, 0.5) is 0 Å². The lowest BCUT2D eigenvalue weighted by atomic mass is 10.1. The zero-order valence-corrected chi connectivity index (χ0v) is 12.3. The highest BCUT2D eigenvalue weighted by Crippen LogP contribution is 2.25. The molecule has 0 bridgehead atoms. The van der Waals surface area contributed by atoms with E-state index in [9.17, 15) is 4.79 Å². The summed E-state index contributed by atoms with van der Waals surface area (Å²) in [5.41, 5.74) is 1.88. The molecule has 3 aromatic rings. The highest BCUT2D eigenvalue weighted by Gasteiger charge is 2.09. The number of nitrogens with zero attached hydrogens (tertiary/aromatic N) is 2. The van der Waals surface area contributed by atoms with Gasteiger partial charge < -0.3 is 9.52 Å². The van der Waals surface area contributed by atoms with E-state index in [0.29, 0.717) is 11.5 Å². The number of aromatic carboxylic acids is 1. The van der Waals surface area contributed by atoms with Crippen LogP contribution in [0, 0.1) is 0 Å². The Morgan fingerprint density at radius 3 is 2.68 bits per heavy atom. The van der Waals surface area contributed by atoms with Gasteiger partial charge in [-0.05, 0) is 18.2 Å². The number of carboxylic acids is 1. The van der Waals surface area contributed by atoms with Crippen LogP contribution < -0.4 is 0 Å². The van der Waals surface area contributed by atoms with Gasteiger partial charge in [0.1, 0.15) is 17.1 Å². The van der Waals surface area contributed by atoms with Gasteiger partial charge in [0.05, 0.1) is 11.4 Å². The molecule has 22 heavy (non-hydrogen) atoms. The number of aromatic nitrogens is 2. The van der Waals surface area contributed by atoms with Gasteiger partial charge in [0.25, 0.3) is 0 Å². The fraction of sp³-hybridized carbons (Fsp3) is 0.0625. The van der Waals surface area contributed by atoms with Crippen LogP contribution in [-0.2, 0) is 5.75 Å². The summed E-state index contributed by atoms with van der Waals surface area (Å²) in [6.45, 7) is 0. The summed E-state index contributed by atoms with van der Waals surface area (Å²) in [4.78, 5) is 19.3. The van der Waals surface area contributed by atoms with Crippen molar-refractivity contribution in [1.82, 2.24) is 9.97 Å². The highest BCUT2D eigenvalue weighted by atomic mass is 32.2. The molecule has 0 amide bonds. The van der Waals surface area contributed by atoms with Gasteiger partial charge in [-0.3, -0.25) is 0 Å². The van der Waals surface area contributed by atoms with Crippen LogP contribution in [0.25, 0.3) is 11.3 Å². The summed E-state index contributed by atoms with van der Waals surface area (Å²) in [7, 11) is 0. The first kappa shape index (κ1) is 14.3. The minimum Gasteiger partial charge on any atom is -0.475 e. The summed E-state index contributed by atoms with van der Waals surface area (Å²) in [6, 6.07) is 14.9. The highest BCUT2D eigenvalue weighted by molar-refractivity contribution is 7.98. The second-order valence-corrected chi connectivity index (χ2v) is 5.46. The van der Waals surface area contributed by atoms with E-state index in [1.807, 2.05) is 36.4 Å². The summed E-state index contributed by atoms with van der Waals surface area (Å²) in [5, 5.41) is 9.63. The number of hydrogen-bond donors (Lipinski definition) is 1. The largest absolute Gasteiger partial charge is 0.475 e. The van der Waals surface area contributed by atoms with Crippen molar-refractivity contribution < 1.29 is 14.3 Å². The van der Waals surface area contributed by atoms with E-state index in [0.717, 1.165) is 16.3 Å². The number of benzene rings is 1. The molecule has 0 radical (unpaired) electrons. The normalized spacial score (nSPS) is 10.5. The Labute approximate surface area is 131 Å². The van der Waals surface area contributed by atoms with Crippen molar-refractivity contribution in [1.29, 1.82) is 0 Å². The van der Waals surface area contributed by atoms with Gasteiger partial charge in [0.2, 0.25) is 5.76 Å². The SMILES string of the molecule is O=C(O)c1ccc(CSc2cc(-c3ccccc3)ncn2)o1. The molecule has 0 fully saturated rings. The van der Waals surface area contributed by atoms with Crippen LogP contribution in [0.2, 0.25) is 0 Å². The molecule has 0 atom stereocenters. The molecule has 0 aliphatic rings. The summed E-state index contributed by atoms with van der Waals surface area (Å²) >= 11 is 1.47. The second-order valence-electron chi connectivity index (χ2n) is 4.47. The van der Waals surface area contributed by atoms with Crippen LogP contribution in [0.3, 0.4) is 0 Å². The predicted molar refractivity (Wildman–Crippen MR) is 82.7 cm³/mol. The Balaban J connectivity index is 1.71. The van der Waals surface area contributed by atoms with Crippen molar-refractivity contribution in [2.24, 2.45) is 0 Å². The maximum Gasteiger partial charge on any atom is 0.371 e. The van der Waals surface area contributed by atoms with Gasteiger partial charge >= 0.3 is 5.97 Å². The first-order valence-electron chi connectivity index (χ1n) is 6.54. The van der Waals surface area contributed by atoms with E-state index in [1.165, 1.54) is 24.2 Å². The molecule has 0 aliphatic carbocycles. The number of carboxylic acid groups (broad SMARTS) is 1. The zero-order valence-electron chi connectivity index (χ0n) is 11.5. The molecule has 5 nitrogen and oxygen atoms in total. The maximum absolute atomic E-state index is 10.8. The topological polar surface area (TPSA) is 76.2 Å². The third-order valence-electron chi connectivity index (χ3n) is 2.95. The Morgan fingerprint density at radius 2 is 1.95 bits per heavy atom. The molecule has 0 saturated carbocycles. The molecular formula is C16H12N2O3S. The van der Waals surface area contributed by atoms with Crippen LogP contribution in [0.5, 0.6) is 0 Å². The molecule has 1 N–H and O–H groups in total. The minimum absolute atomic E-state index is 0.0525. The van der Waals surface area contributed by atoms with E-state index < -0.39 is 5.97 Å². The molecule has 0 spiro atoms. The lowest BCUT2D eigenvalue weighted by Gasteiger charge is -2.03. The van der Waals surface area contributed by atoms with Crippen LogP contribution in [0.1, 0.15) is 16.3 Å². The number of hydrogen-bond acceptors (Lipinski definition) is 5. The number of thioether (sulfide) groups is 1. The van der Waals surface area contributed by atoms with Crippen molar-refractivity contribution in [2.45, 2.75) is 10.8 Å². The standard InChI is InChI=1S/C16H12N2O3S/c19-16(20)14-7-6-12(21-14)9-22-15-8-13(17-10-18-15)11-4-2-1-3-5-11/h1-8,10H,9H2,(H,19,20). The zero-order chi connectivity index (χ0) is 15.4. The fourth-order valence-electron chi connectivity index (χ4n) is 1.90. The molecular weight excluding hydrogens is 300 g/mol. The average molecular weight is 312 g/mol. The summed E-state index contributed by atoms with van der Waals surface area (Å²) < 4.78 is 5.22. The Bertz CT molecular complexity index is 787. The first-order chi connectivity index (χ1) is 10.7. The van der Waals surface area contributed by atoms with Gasteiger partial charge in [-0.15, -0.1) is 0 Å². The fourth-order valence-corrected chi connectivity index (χ4v) is 2.66. The maximum atomic E-state index is 10.8. The predicted octanol–water partition coefficient (Wildman–Crippen LogP) is 3.73. The smallest absolute Gasteiger partial charge is 0.371 e. The Hall–Kier alpha value is -2.60. The molecule has 3 rings (SSSR count). The third-order valence-corrected chi connectivity index (χ3v) is 3.89. The van der Waals surface area contributed by atoms with E-state index in [-0.39, 0.29) is 5.76 Å². The van der Waals surface area contributed by atoms with E-state index in [2.05, 4.69) is 9.97 Å². The van der Waals surface area contributed by atoms with Gasteiger partial charge in [-0.1, -0.05) is 42.1 Å². The van der Waals surface area contributed by atoms with Crippen molar-refractivity contribution in [3.8, 4) is 11.3 Å². The van der Waals surface area contributed by atoms with Crippen molar-refractivity contribution in [3.63, 3.8) is 0 Å². The van der Waals surface area contributed by atoms with E-state index >= 15 is 0 Å². The van der Waals surface area contributed by atoms with Gasteiger partial charge in [0, 0.05) is 5.56 Å². The lowest BCUT2D eigenvalue weighted by molar-refractivity contribution is 0.0661. The van der Waals surface area contributed by atoms with Crippen LogP contribution in [-0.4, -0.2) is 21.0 Å². The second kappa shape index (κ2) is 6.44. The molecule has 0 saturated heterocycles. The number of rotatable bonds is 5. The van der Waals surface area contributed by atoms with Crippen molar-refractivity contribution >= 4 is 17.7 Å². The average Bonchev–Trinajstić information content (AvgIpc) is 3.03. The quantitative estimate of drug-likeness (QED) is 0.571. The number of carbonyl (C=O) groups is 1. The molecule has 0 aliphatic heterocycles. The van der Waals surface area contributed by atoms with E-state index in [1.54, 1.807) is 6.07 Å². The minimum atomic E-state index is -1.07. The first-order valence-corrected chi connectivity index (χ1v) is 7.53. The summed E-state index contributed by atoms with van der Waals surface area (Å²) in [5.74, 6) is -0.00592. The van der Waals surface area contributed by atoms with E-state index in [4.69, 9.17) is 9.52 Å². The molecule has 0 unspecified atom stereocenters. The Morgan fingerprint density at radius 1 is 1.14 bits per heavy atom. The summed E-state index contributed by atoms with van der Waals surface area (Å²) in [6.07, 6.45) is 1.52. The van der Waals surface area contributed by atoms with Crippen LogP contribution in [0.15, 0.2) is 64.3 Å². The molecule has 2 heterocycles. The molecule has 1 aromatic carbocycles. The van der Waals surface area contributed by atoms with Gasteiger partial charge in [-0.2, -0.15) is 0 Å². The molecule has 6 heteroatoms. The third kappa shape index (κ3) is 3.35. The number of furan rings is 1. The van der Waals surface area contributed by atoms with Gasteiger partial charge in [-0.25, -0.2) is 14.8 Å². The lowest BCUT2D eigenvalue weighted by Crippen LogP contribution is -1.92. The van der Waals surface area contributed by atoms with Crippen molar-refractivity contribution in [3.05, 3.63) is 66.4 Å². The van der Waals surface area contributed by atoms with Crippen molar-refractivity contribution in [2.75, 3.05) is 0 Å². The molecule has 110 valence electrons. The van der Waals surface area contributed by atoms with Crippen LogP contribution >= 0.6 is 11.8 Å². The monoisotopic (exact) mass is 312 g/mol. The molecule has 2 aromatic heterocycles. The Kier molecular flexibility index (Phi) is 4.20.